The highest BCUT2D eigenvalue weighted by Crippen LogP contribution is 2.42. The third-order valence-corrected chi connectivity index (χ3v) is 6.99. The Morgan fingerprint density at radius 3 is 1.54 bits per heavy atom. The van der Waals surface area contributed by atoms with Gasteiger partial charge in [-0.05, 0) is 25.2 Å². The molecular weight excluding hydrogens is 315 g/mol. The average molecular weight is 357 g/mol. The van der Waals surface area contributed by atoms with Crippen molar-refractivity contribution in [3.05, 3.63) is 0 Å². The lowest BCUT2D eigenvalue weighted by Gasteiger charge is -2.29. The zero-order valence-corrected chi connectivity index (χ0v) is 17.2. The van der Waals surface area contributed by atoms with E-state index in [4.69, 9.17) is 0 Å². The van der Waals surface area contributed by atoms with Gasteiger partial charge in [0.25, 0.3) is 0 Å². The molecule has 0 aliphatic heterocycles. The molecule has 2 rings (SSSR count). The van der Waals surface area contributed by atoms with Crippen LogP contribution in [0.2, 0.25) is 0 Å². The Balaban J connectivity index is 0.000000891. The molecule has 0 spiro atoms. The third-order valence-electron chi connectivity index (χ3n) is 5.81. The molecule has 0 amide bonds. The van der Waals surface area contributed by atoms with Crippen molar-refractivity contribution >= 4 is 8.03 Å². The zero-order valence-electron chi connectivity index (χ0n) is 16.3. The van der Waals surface area contributed by atoms with Crippen molar-refractivity contribution in [1.82, 2.24) is 0 Å². The van der Waals surface area contributed by atoms with Gasteiger partial charge in [0.2, 0.25) is 0 Å². The first kappa shape index (κ1) is 22.1. The van der Waals surface area contributed by atoms with Gasteiger partial charge in [-0.3, -0.25) is 0 Å². The highest BCUT2D eigenvalue weighted by Gasteiger charge is 2.36. The van der Waals surface area contributed by atoms with Gasteiger partial charge in [-0.25, -0.2) is 0 Å². The molecule has 24 heavy (non-hydrogen) atoms. The molecule has 0 aromatic rings. The highest BCUT2D eigenvalue weighted by molar-refractivity contribution is 7.37. The summed E-state index contributed by atoms with van der Waals surface area (Å²) in [6.45, 7) is 4.25. The first-order valence-corrected chi connectivity index (χ1v) is 12.1. The molecule has 0 aromatic heterocycles. The smallest absolute Gasteiger partial charge is 0.312 e. The summed E-state index contributed by atoms with van der Waals surface area (Å²) in [6.07, 6.45) is 20.3. The molecular formula is C21H41O2P. The molecule has 2 aliphatic rings. The van der Waals surface area contributed by atoms with Gasteiger partial charge < -0.3 is 4.89 Å². The van der Waals surface area contributed by atoms with Gasteiger partial charge in [0.05, 0.1) is 0 Å². The number of rotatable bonds is 2. The predicted octanol–water partition coefficient (Wildman–Crippen LogP) is 6.99. The standard InChI is InChI=1S/C18H33O2P.C3H8/c19-21(20)18-15-11-7-3-6-10-14-17(18)16-12-8-4-1-2-5-9-13-16;1-3-2/h16-18H,1-15H2;3H2,1-2H3. The van der Waals surface area contributed by atoms with Crippen molar-refractivity contribution in [2.24, 2.45) is 11.8 Å². The lowest BCUT2D eigenvalue weighted by atomic mass is 9.78. The number of hydrogen-bond donors (Lipinski definition) is 0. The van der Waals surface area contributed by atoms with E-state index in [9.17, 15) is 9.46 Å². The van der Waals surface area contributed by atoms with Crippen LogP contribution >= 0.6 is 8.03 Å². The number of hydrogen-bond acceptors (Lipinski definition) is 2. The molecule has 0 bridgehead atoms. The Labute approximate surface area is 152 Å². The summed E-state index contributed by atoms with van der Waals surface area (Å²) in [4.78, 5) is 11.8. The van der Waals surface area contributed by atoms with E-state index >= 15 is 0 Å². The van der Waals surface area contributed by atoms with Gasteiger partial charge in [-0.2, -0.15) is 0 Å². The van der Waals surface area contributed by atoms with Gasteiger partial charge >= 0.3 is 8.03 Å². The first-order chi connectivity index (χ1) is 11.7. The fourth-order valence-electron chi connectivity index (χ4n) is 4.57. The molecule has 0 N–H and O–H groups in total. The molecule has 0 heterocycles. The van der Waals surface area contributed by atoms with Crippen molar-refractivity contribution in [2.75, 3.05) is 0 Å². The Morgan fingerprint density at radius 1 is 0.708 bits per heavy atom. The highest BCUT2D eigenvalue weighted by atomic mass is 31.1. The third kappa shape index (κ3) is 8.95. The fourth-order valence-corrected chi connectivity index (χ4v) is 5.67. The normalized spacial score (nSPS) is 28.7. The van der Waals surface area contributed by atoms with Crippen molar-refractivity contribution in [2.45, 2.75) is 122 Å². The molecule has 3 unspecified atom stereocenters. The monoisotopic (exact) mass is 356 g/mol. The summed E-state index contributed by atoms with van der Waals surface area (Å²) in [5, 5.41) is 0. The van der Waals surface area contributed by atoms with Gasteiger partial charge in [-0.15, -0.1) is 0 Å². The second-order valence-corrected chi connectivity index (χ2v) is 9.26. The maximum atomic E-state index is 11.8. The Kier molecular flexibility index (Phi) is 13.1. The van der Waals surface area contributed by atoms with Crippen LogP contribution in [-0.4, -0.2) is 5.66 Å². The van der Waals surface area contributed by atoms with Gasteiger partial charge in [-0.1, -0.05) is 102 Å². The Bertz CT molecular complexity index is 309. The van der Waals surface area contributed by atoms with Crippen LogP contribution in [0.1, 0.15) is 117 Å². The first-order valence-electron chi connectivity index (χ1n) is 10.8. The largest absolute Gasteiger partial charge is 0.595 e. The van der Waals surface area contributed by atoms with E-state index in [2.05, 4.69) is 13.8 Å². The van der Waals surface area contributed by atoms with E-state index in [0.717, 1.165) is 12.8 Å². The lowest BCUT2D eigenvalue weighted by Crippen LogP contribution is -2.28. The SMILES string of the molecule is CCC.O=[P+]([O-])C1CCCCCCCC1C1CCCCCCCC1. The maximum absolute atomic E-state index is 11.8. The van der Waals surface area contributed by atoms with Crippen LogP contribution in [0.5, 0.6) is 0 Å². The molecule has 0 radical (unpaired) electrons. The summed E-state index contributed by atoms with van der Waals surface area (Å²) in [5.74, 6) is 1.14. The summed E-state index contributed by atoms with van der Waals surface area (Å²) in [7, 11) is -2.25. The summed E-state index contributed by atoms with van der Waals surface area (Å²) < 4.78 is 11.8. The predicted molar refractivity (Wildman–Crippen MR) is 104 cm³/mol. The second kappa shape index (κ2) is 14.3. The molecule has 142 valence electrons. The molecule has 3 heteroatoms. The van der Waals surface area contributed by atoms with Gasteiger partial charge in [0.15, 0.2) is 5.66 Å². The quantitative estimate of drug-likeness (QED) is 0.500. The van der Waals surface area contributed by atoms with Crippen LogP contribution in [0, 0.1) is 11.8 Å². The minimum Gasteiger partial charge on any atom is -0.595 e. The maximum Gasteiger partial charge on any atom is 0.312 e. The molecule has 2 aliphatic carbocycles. The molecule has 0 aromatic carbocycles. The van der Waals surface area contributed by atoms with Crippen LogP contribution in [0.4, 0.5) is 0 Å². The zero-order chi connectivity index (χ0) is 17.6. The summed E-state index contributed by atoms with van der Waals surface area (Å²) in [6, 6.07) is 0. The average Bonchev–Trinajstić information content (AvgIpc) is 2.76. The van der Waals surface area contributed by atoms with Crippen LogP contribution in [-0.2, 0) is 4.57 Å². The van der Waals surface area contributed by atoms with Crippen molar-refractivity contribution in [3.63, 3.8) is 0 Å². The van der Waals surface area contributed by atoms with Gasteiger partial charge in [0, 0.05) is 5.92 Å². The lowest BCUT2D eigenvalue weighted by molar-refractivity contribution is -0.168. The van der Waals surface area contributed by atoms with Crippen LogP contribution in [0.15, 0.2) is 0 Å². The second-order valence-electron chi connectivity index (χ2n) is 8.03. The van der Waals surface area contributed by atoms with E-state index in [1.807, 2.05) is 0 Å². The minimum absolute atomic E-state index is 0.0242. The van der Waals surface area contributed by atoms with Crippen molar-refractivity contribution in [1.29, 1.82) is 0 Å². The summed E-state index contributed by atoms with van der Waals surface area (Å²) in [5.41, 5.74) is -0.0242. The van der Waals surface area contributed by atoms with Gasteiger partial charge in [0.1, 0.15) is 0 Å². The van der Waals surface area contributed by atoms with E-state index < -0.39 is 8.03 Å². The van der Waals surface area contributed by atoms with Crippen LogP contribution in [0.25, 0.3) is 0 Å². The van der Waals surface area contributed by atoms with Crippen molar-refractivity contribution < 1.29 is 9.46 Å². The van der Waals surface area contributed by atoms with Crippen LogP contribution in [0.3, 0.4) is 0 Å². The van der Waals surface area contributed by atoms with Crippen LogP contribution < -0.4 is 4.89 Å². The van der Waals surface area contributed by atoms with E-state index in [0.29, 0.717) is 11.8 Å². The summed E-state index contributed by atoms with van der Waals surface area (Å²) >= 11 is 0. The fraction of sp³-hybridized carbons (Fsp3) is 1.00. The molecule has 2 saturated carbocycles. The van der Waals surface area contributed by atoms with Crippen molar-refractivity contribution in [3.8, 4) is 0 Å². The topological polar surface area (TPSA) is 40.1 Å². The molecule has 0 saturated heterocycles. The molecule has 2 fully saturated rings. The minimum atomic E-state index is -2.25. The van der Waals surface area contributed by atoms with E-state index in [1.165, 1.54) is 89.9 Å². The van der Waals surface area contributed by atoms with E-state index in [1.54, 1.807) is 0 Å². The molecule has 2 nitrogen and oxygen atoms in total. The Hall–Kier alpha value is 0.0600. The molecule has 3 atom stereocenters. The van der Waals surface area contributed by atoms with E-state index in [-0.39, 0.29) is 5.66 Å². The Morgan fingerprint density at radius 2 is 1.08 bits per heavy atom.